The van der Waals surface area contributed by atoms with E-state index in [0.717, 1.165) is 21.5 Å². The van der Waals surface area contributed by atoms with Crippen molar-refractivity contribution in [2.24, 2.45) is 0 Å². The van der Waals surface area contributed by atoms with Gasteiger partial charge in [0.2, 0.25) is 0 Å². The van der Waals surface area contributed by atoms with E-state index in [1.54, 1.807) is 6.07 Å². The van der Waals surface area contributed by atoms with Gasteiger partial charge in [-0.1, -0.05) is 60.7 Å². The van der Waals surface area contributed by atoms with Crippen molar-refractivity contribution in [2.75, 3.05) is 0 Å². The fraction of sp³-hybridized carbons (Fsp3) is 0. The summed E-state index contributed by atoms with van der Waals surface area (Å²) in [4.78, 5) is 25.6. The summed E-state index contributed by atoms with van der Waals surface area (Å²) in [5.41, 5.74) is 0.00480. The standard InChI is InChI=1S/C20H10O2/c21-19-13-6-2-1-5-11(13)12-7-3-8-14-17(12)18-15(19)9-4-10-16(18)20(14)22/h1-10H. The van der Waals surface area contributed by atoms with Crippen LogP contribution in [-0.2, 0) is 0 Å². The first-order valence-corrected chi connectivity index (χ1v) is 7.22. The second kappa shape index (κ2) is 3.80. The Labute approximate surface area is 124 Å². The third-order valence-electron chi connectivity index (χ3n) is 4.57. The van der Waals surface area contributed by atoms with Gasteiger partial charge < -0.3 is 0 Å². The molecule has 0 heterocycles. The lowest BCUT2D eigenvalue weighted by molar-refractivity contribution is 1.75. The van der Waals surface area contributed by atoms with Crippen molar-refractivity contribution in [3.63, 3.8) is 0 Å². The Morgan fingerprint density at radius 1 is 0.409 bits per heavy atom. The summed E-state index contributed by atoms with van der Waals surface area (Å²) >= 11 is 0. The minimum absolute atomic E-state index is 0.00991. The minimum atomic E-state index is -0.00991. The molecule has 0 saturated heterocycles. The maximum atomic E-state index is 13.0. The van der Waals surface area contributed by atoms with E-state index in [9.17, 15) is 9.59 Å². The lowest BCUT2D eigenvalue weighted by Crippen LogP contribution is -1.99. The van der Waals surface area contributed by atoms with Crippen LogP contribution in [0.15, 0.2) is 70.3 Å². The van der Waals surface area contributed by atoms with E-state index in [1.165, 1.54) is 0 Å². The molecule has 0 aliphatic carbocycles. The van der Waals surface area contributed by atoms with E-state index in [1.807, 2.05) is 54.6 Å². The van der Waals surface area contributed by atoms with Crippen LogP contribution in [0.5, 0.6) is 0 Å². The predicted octanol–water partition coefficient (Wildman–Crippen LogP) is 3.90. The first-order valence-electron chi connectivity index (χ1n) is 7.22. The Morgan fingerprint density at radius 3 is 1.45 bits per heavy atom. The summed E-state index contributed by atoms with van der Waals surface area (Å²) in [6, 6.07) is 18.8. The van der Waals surface area contributed by atoms with Crippen molar-refractivity contribution in [3.8, 4) is 0 Å². The molecule has 0 radical (unpaired) electrons. The van der Waals surface area contributed by atoms with Crippen LogP contribution in [0.4, 0.5) is 0 Å². The van der Waals surface area contributed by atoms with Crippen LogP contribution >= 0.6 is 0 Å². The average molecular weight is 282 g/mol. The minimum Gasteiger partial charge on any atom is -0.289 e. The normalized spacial score (nSPS) is 12.0. The lowest BCUT2D eigenvalue weighted by Gasteiger charge is -1.97. The van der Waals surface area contributed by atoms with Gasteiger partial charge in [-0.15, -0.1) is 0 Å². The zero-order valence-electron chi connectivity index (χ0n) is 11.6. The molecule has 0 aromatic heterocycles. The van der Waals surface area contributed by atoms with E-state index in [4.69, 9.17) is 0 Å². The molecule has 22 heavy (non-hydrogen) atoms. The summed E-state index contributed by atoms with van der Waals surface area (Å²) in [6.45, 7) is 0. The maximum Gasteiger partial charge on any atom is 0.194 e. The second-order valence-corrected chi connectivity index (χ2v) is 5.66. The quantitative estimate of drug-likeness (QED) is 0.432. The molecule has 0 N–H and O–H groups in total. The summed E-state index contributed by atoms with van der Waals surface area (Å²) < 4.78 is 0. The van der Waals surface area contributed by atoms with Gasteiger partial charge in [-0.05, 0) is 10.8 Å². The molecule has 0 spiro atoms. The first-order chi connectivity index (χ1) is 10.8. The molecule has 2 nitrogen and oxygen atoms in total. The second-order valence-electron chi connectivity index (χ2n) is 5.66. The molecule has 2 heteroatoms. The van der Waals surface area contributed by atoms with Crippen LogP contribution in [0.2, 0.25) is 0 Å². The third-order valence-corrected chi connectivity index (χ3v) is 4.57. The highest BCUT2D eigenvalue weighted by atomic mass is 16.1. The molecule has 5 aromatic rings. The summed E-state index contributed by atoms with van der Waals surface area (Å²) in [6.07, 6.45) is 0. The van der Waals surface area contributed by atoms with E-state index < -0.39 is 0 Å². The Hall–Kier alpha value is -3.00. The van der Waals surface area contributed by atoms with Gasteiger partial charge in [-0.2, -0.15) is 0 Å². The maximum absolute atomic E-state index is 13.0. The highest BCUT2D eigenvalue weighted by molar-refractivity contribution is 6.29. The molecule has 0 amide bonds. The predicted molar refractivity (Wildman–Crippen MR) is 91.4 cm³/mol. The van der Waals surface area contributed by atoms with Crippen LogP contribution in [0.25, 0.3) is 43.1 Å². The van der Waals surface area contributed by atoms with Crippen LogP contribution in [0, 0.1) is 0 Å². The monoisotopic (exact) mass is 282 g/mol. The Balaban J connectivity index is 2.42. The zero-order valence-corrected chi connectivity index (χ0v) is 11.6. The van der Waals surface area contributed by atoms with Crippen molar-refractivity contribution in [2.45, 2.75) is 0 Å². The van der Waals surface area contributed by atoms with Crippen LogP contribution < -0.4 is 10.9 Å². The van der Waals surface area contributed by atoms with Gasteiger partial charge in [0, 0.05) is 32.3 Å². The van der Waals surface area contributed by atoms with Gasteiger partial charge in [0.25, 0.3) is 0 Å². The van der Waals surface area contributed by atoms with E-state index in [2.05, 4.69) is 0 Å². The number of rotatable bonds is 0. The molecular formula is C20H10O2. The van der Waals surface area contributed by atoms with Gasteiger partial charge in [0.15, 0.2) is 10.9 Å². The van der Waals surface area contributed by atoms with Crippen molar-refractivity contribution in [1.82, 2.24) is 0 Å². The number of hydrogen-bond acceptors (Lipinski definition) is 2. The van der Waals surface area contributed by atoms with Crippen molar-refractivity contribution in [1.29, 1.82) is 0 Å². The largest absolute Gasteiger partial charge is 0.289 e. The average Bonchev–Trinajstić information content (AvgIpc) is 2.81. The Bertz CT molecular complexity index is 1300. The molecule has 0 aliphatic rings. The number of benzene rings is 3. The van der Waals surface area contributed by atoms with E-state index >= 15 is 0 Å². The molecule has 102 valence electrons. The molecule has 0 unspecified atom stereocenters. The van der Waals surface area contributed by atoms with Crippen LogP contribution in [-0.4, -0.2) is 0 Å². The Morgan fingerprint density at radius 2 is 0.818 bits per heavy atom. The van der Waals surface area contributed by atoms with E-state index in [0.29, 0.717) is 21.5 Å². The summed E-state index contributed by atoms with van der Waals surface area (Å²) in [5, 5.41) is 6.26. The molecule has 5 aromatic carbocycles. The summed E-state index contributed by atoms with van der Waals surface area (Å²) in [7, 11) is 0. The Kier molecular flexibility index (Phi) is 2.01. The van der Waals surface area contributed by atoms with Gasteiger partial charge in [-0.25, -0.2) is 0 Å². The SMILES string of the molecule is O=c1c2ccccc2c2cccc3c(=O)c4cccc1c4c32. The van der Waals surface area contributed by atoms with E-state index in [-0.39, 0.29) is 10.9 Å². The van der Waals surface area contributed by atoms with Gasteiger partial charge in [-0.3, -0.25) is 9.59 Å². The highest BCUT2D eigenvalue weighted by Crippen LogP contribution is 2.34. The fourth-order valence-corrected chi connectivity index (χ4v) is 3.64. The van der Waals surface area contributed by atoms with Crippen molar-refractivity contribution in [3.05, 3.63) is 81.1 Å². The lowest BCUT2D eigenvalue weighted by atomic mass is 10.1. The van der Waals surface area contributed by atoms with Crippen LogP contribution in [0.1, 0.15) is 0 Å². The number of fused-ring (bicyclic) bond motifs is 2. The number of hydrogen-bond donors (Lipinski definition) is 0. The van der Waals surface area contributed by atoms with Gasteiger partial charge in [0.1, 0.15) is 0 Å². The smallest absolute Gasteiger partial charge is 0.194 e. The molecule has 0 aliphatic heterocycles. The molecule has 0 fully saturated rings. The fourth-order valence-electron chi connectivity index (χ4n) is 3.64. The zero-order chi connectivity index (χ0) is 14.8. The molecule has 0 atom stereocenters. The topological polar surface area (TPSA) is 34.1 Å². The molecule has 0 saturated carbocycles. The molecule has 5 rings (SSSR count). The summed E-state index contributed by atoms with van der Waals surface area (Å²) in [5.74, 6) is 0. The first kappa shape index (κ1) is 11.6. The molecule has 0 bridgehead atoms. The third kappa shape index (κ3) is 1.21. The van der Waals surface area contributed by atoms with Crippen LogP contribution in [0.3, 0.4) is 0 Å². The highest BCUT2D eigenvalue weighted by Gasteiger charge is 2.17. The van der Waals surface area contributed by atoms with Crippen molar-refractivity contribution < 1.29 is 0 Å². The van der Waals surface area contributed by atoms with Gasteiger partial charge >= 0.3 is 0 Å². The molecular weight excluding hydrogens is 272 g/mol. The van der Waals surface area contributed by atoms with Gasteiger partial charge in [0.05, 0.1) is 0 Å². The van der Waals surface area contributed by atoms with Crippen molar-refractivity contribution >= 4 is 43.1 Å².